The fourth-order valence-corrected chi connectivity index (χ4v) is 5.74. The summed E-state index contributed by atoms with van der Waals surface area (Å²) in [6.07, 6.45) is 15.8. The maximum atomic E-state index is 14.1. The Morgan fingerprint density at radius 2 is 1.41 bits per heavy atom. The van der Waals surface area contributed by atoms with Crippen LogP contribution in [0.4, 0.5) is 4.39 Å². The third-order valence-corrected chi connectivity index (χ3v) is 8.31. The topological polar surface area (TPSA) is 33.0 Å². The highest BCUT2D eigenvalue weighted by molar-refractivity contribution is 5.64. The Balaban J connectivity index is 1.45. The van der Waals surface area contributed by atoms with Crippen molar-refractivity contribution in [2.45, 2.75) is 122 Å². The molecule has 3 rings (SSSR count). The number of nitrogens with zero attached hydrogens (tertiary/aromatic N) is 1. The summed E-state index contributed by atoms with van der Waals surface area (Å²) in [7, 11) is 0. The van der Waals surface area contributed by atoms with Crippen LogP contribution in [0.5, 0.6) is 5.75 Å². The van der Waals surface area contributed by atoms with Gasteiger partial charge in [-0.3, -0.25) is 0 Å². The summed E-state index contributed by atoms with van der Waals surface area (Å²) in [5, 5.41) is 9.92. The summed E-state index contributed by atoms with van der Waals surface area (Å²) in [5.41, 5.74) is 3.63. The first kappa shape index (κ1) is 29.2. The van der Waals surface area contributed by atoms with Crippen molar-refractivity contribution >= 4 is 0 Å². The molecule has 1 atom stereocenters. The molecule has 0 heterocycles. The van der Waals surface area contributed by atoms with Crippen molar-refractivity contribution in [1.29, 1.82) is 5.26 Å². The average molecular weight is 506 g/mol. The number of hydrogen-bond donors (Lipinski definition) is 0. The van der Waals surface area contributed by atoms with E-state index in [1.165, 1.54) is 56.1 Å². The second kappa shape index (κ2) is 15.8. The van der Waals surface area contributed by atoms with Crippen LogP contribution in [0.25, 0.3) is 11.1 Å². The molecule has 37 heavy (non-hydrogen) atoms. The van der Waals surface area contributed by atoms with Crippen LogP contribution in [-0.4, -0.2) is 12.8 Å². The van der Waals surface area contributed by atoms with E-state index in [9.17, 15) is 9.65 Å². The Labute approximate surface area is 225 Å². The Bertz CT molecular complexity index is 922. The highest BCUT2D eigenvalue weighted by atomic mass is 19.1. The molecule has 1 fully saturated rings. The molecule has 0 N–H and O–H groups in total. The summed E-state index contributed by atoms with van der Waals surface area (Å²) < 4.78 is 19.8. The minimum atomic E-state index is -0.895. The van der Waals surface area contributed by atoms with Crippen LogP contribution in [0.2, 0.25) is 0 Å². The lowest BCUT2D eigenvalue weighted by Gasteiger charge is -2.35. The van der Waals surface area contributed by atoms with Gasteiger partial charge < -0.3 is 4.74 Å². The third kappa shape index (κ3) is 9.48. The molecule has 3 heteroatoms. The summed E-state index contributed by atoms with van der Waals surface area (Å²) in [6.45, 7) is 4.55. The maximum absolute atomic E-state index is 14.1. The maximum Gasteiger partial charge on any atom is 0.134 e. The number of unbranched alkanes of at least 4 members (excludes halogenated alkanes) is 7. The first-order valence-corrected chi connectivity index (χ1v) is 15.0. The van der Waals surface area contributed by atoms with Gasteiger partial charge in [0.05, 0.1) is 11.5 Å². The number of nitriles is 1. The fraction of sp³-hybridized carbons (Fsp3) is 0.618. The third-order valence-electron chi connectivity index (χ3n) is 8.31. The largest absolute Gasteiger partial charge is 0.491 e. The summed E-state index contributed by atoms with van der Waals surface area (Å²) >= 11 is 0. The van der Waals surface area contributed by atoms with Crippen LogP contribution in [0, 0.1) is 16.7 Å². The molecular weight excluding hydrogens is 457 g/mol. The molecule has 2 aromatic rings. The molecule has 0 aromatic heterocycles. The molecule has 0 bridgehead atoms. The van der Waals surface area contributed by atoms with Gasteiger partial charge in [-0.2, -0.15) is 5.26 Å². The molecule has 0 spiro atoms. The normalized spacial score (nSPS) is 20.3. The number of benzene rings is 2. The molecule has 0 unspecified atom stereocenters. The van der Waals surface area contributed by atoms with Gasteiger partial charge in [0.2, 0.25) is 0 Å². The van der Waals surface area contributed by atoms with Crippen LogP contribution in [-0.2, 0) is 0 Å². The summed E-state index contributed by atoms with van der Waals surface area (Å²) in [5.74, 6) is 1.28. The lowest BCUT2D eigenvalue weighted by molar-refractivity contribution is 0.184. The van der Waals surface area contributed by atoms with E-state index in [2.05, 4.69) is 56.3 Å². The first-order chi connectivity index (χ1) is 18.1. The highest BCUT2D eigenvalue weighted by Crippen LogP contribution is 2.46. The van der Waals surface area contributed by atoms with Crippen LogP contribution in [0.15, 0.2) is 48.5 Å². The molecule has 0 radical (unpaired) electrons. The molecular formula is C34H48FNO. The highest BCUT2D eigenvalue weighted by Gasteiger charge is 2.35. The van der Waals surface area contributed by atoms with Gasteiger partial charge in [-0.1, -0.05) is 108 Å². The van der Waals surface area contributed by atoms with E-state index < -0.39 is 6.17 Å². The van der Waals surface area contributed by atoms with Gasteiger partial charge in [0.15, 0.2) is 0 Å². The van der Waals surface area contributed by atoms with Gasteiger partial charge in [0.25, 0.3) is 0 Å². The van der Waals surface area contributed by atoms with Crippen molar-refractivity contribution in [1.82, 2.24) is 0 Å². The van der Waals surface area contributed by atoms with Gasteiger partial charge in [-0.05, 0) is 73.3 Å². The molecule has 0 aliphatic heterocycles. The van der Waals surface area contributed by atoms with Crippen molar-refractivity contribution in [2.75, 3.05) is 6.61 Å². The second-order valence-electron chi connectivity index (χ2n) is 11.2. The lowest BCUT2D eigenvalue weighted by atomic mass is 9.67. The zero-order valence-corrected chi connectivity index (χ0v) is 23.3. The number of halogens is 1. The van der Waals surface area contributed by atoms with Crippen LogP contribution in [0.3, 0.4) is 0 Å². The van der Waals surface area contributed by atoms with Crippen molar-refractivity contribution < 1.29 is 9.13 Å². The van der Waals surface area contributed by atoms with Gasteiger partial charge in [0.1, 0.15) is 18.5 Å². The monoisotopic (exact) mass is 505 g/mol. The number of hydrogen-bond acceptors (Lipinski definition) is 2. The Hall–Kier alpha value is -2.34. The summed E-state index contributed by atoms with van der Waals surface area (Å²) in [4.78, 5) is 0. The van der Waals surface area contributed by atoms with E-state index in [-0.39, 0.29) is 12.0 Å². The van der Waals surface area contributed by atoms with E-state index in [4.69, 9.17) is 4.74 Å². The van der Waals surface area contributed by atoms with Crippen molar-refractivity contribution in [3.8, 4) is 22.9 Å². The van der Waals surface area contributed by atoms with Crippen LogP contribution in [0.1, 0.15) is 122 Å². The van der Waals surface area contributed by atoms with Gasteiger partial charge in [-0.15, -0.1) is 0 Å². The van der Waals surface area contributed by atoms with E-state index in [0.717, 1.165) is 56.3 Å². The smallest absolute Gasteiger partial charge is 0.134 e. The minimum absolute atomic E-state index is 0.0936. The van der Waals surface area contributed by atoms with E-state index in [0.29, 0.717) is 12.3 Å². The molecule has 0 amide bonds. The van der Waals surface area contributed by atoms with E-state index in [1.54, 1.807) is 0 Å². The van der Waals surface area contributed by atoms with Gasteiger partial charge in [-0.25, -0.2) is 4.39 Å². The summed E-state index contributed by atoms with van der Waals surface area (Å²) in [6, 6.07) is 19.7. The molecule has 1 saturated carbocycles. The van der Waals surface area contributed by atoms with Crippen molar-refractivity contribution in [3.63, 3.8) is 0 Å². The van der Waals surface area contributed by atoms with Gasteiger partial charge in [0, 0.05) is 0 Å². The zero-order valence-electron chi connectivity index (χ0n) is 23.3. The van der Waals surface area contributed by atoms with Crippen molar-refractivity contribution in [2.24, 2.45) is 5.41 Å². The fourth-order valence-electron chi connectivity index (χ4n) is 5.74. The Morgan fingerprint density at radius 3 is 2.00 bits per heavy atom. The molecule has 1 aliphatic rings. The number of ether oxygens (including phenoxy) is 1. The molecule has 202 valence electrons. The number of rotatable bonds is 16. The zero-order chi connectivity index (χ0) is 26.3. The molecule has 1 aliphatic carbocycles. The predicted octanol–water partition coefficient (Wildman–Crippen LogP) is 10.6. The van der Waals surface area contributed by atoms with E-state index >= 15 is 0 Å². The Morgan fingerprint density at radius 1 is 0.838 bits per heavy atom. The number of alkyl halides is 1. The standard InChI is InChI=1S/C34H48FNO/c1-3-5-7-9-11-23-34(27-36)24-21-31(22-25-34)29-15-13-28(14-16-29)30-17-19-33(20-18-30)37-26-32(35)12-10-8-6-4-2/h13-20,31-32H,3-12,21-26H2,1-2H3/t31?,32-,34?/m0/s1. The second-order valence-corrected chi connectivity index (χ2v) is 11.2. The first-order valence-electron chi connectivity index (χ1n) is 15.0. The molecule has 0 saturated heterocycles. The van der Waals surface area contributed by atoms with Crippen LogP contribution < -0.4 is 4.74 Å². The molecule has 2 nitrogen and oxygen atoms in total. The lowest BCUT2D eigenvalue weighted by Crippen LogP contribution is -2.25. The van der Waals surface area contributed by atoms with Crippen molar-refractivity contribution in [3.05, 3.63) is 54.1 Å². The Kier molecular flexibility index (Phi) is 12.5. The average Bonchev–Trinajstić information content (AvgIpc) is 2.95. The molecule has 2 aromatic carbocycles. The SMILES string of the molecule is CCCCCCCC1(C#N)CCC(c2ccc(-c3ccc(OC[C@@H](F)CCCCCC)cc3)cc2)CC1. The van der Waals surface area contributed by atoms with Gasteiger partial charge >= 0.3 is 0 Å². The predicted molar refractivity (Wildman–Crippen MR) is 154 cm³/mol. The quantitative estimate of drug-likeness (QED) is 0.213. The van der Waals surface area contributed by atoms with E-state index in [1.807, 2.05) is 12.1 Å². The van der Waals surface area contributed by atoms with Crippen LogP contribution >= 0.6 is 0 Å². The minimum Gasteiger partial charge on any atom is -0.491 e.